The van der Waals surface area contributed by atoms with Crippen molar-refractivity contribution < 1.29 is 164 Å². The second kappa shape index (κ2) is 39.2. The van der Waals surface area contributed by atoms with Crippen molar-refractivity contribution in [3.05, 3.63) is 0 Å². The second-order valence-electron chi connectivity index (χ2n) is 1.12. The van der Waals surface area contributed by atoms with Gasteiger partial charge in [-0.05, 0) is 0 Å². The van der Waals surface area contributed by atoms with E-state index in [2.05, 4.69) is 0 Å². The molecular formula is BiNb5O15Zn. The third-order valence-corrected chi connectivity index (χ3v) is 0. The van der Waals surface area contributed by atoms with Crippen molar-refractivity contribution in [2.24, 2.45) is 0 Å². The molecule has 0 aromatic carbocycles. The zero-order chi connectivity index (χ0) is 17.9. The van der Waals surface area contributed by atoms with Gasteiger partial charge in [0.25, 0.3) is 0 Å². The normalized spacial score (nSPS) is 5.68. The number of rotatable bonds is 0. The van der Waals surface area contributed by atoms with Crippen molar-refractivity contribution in [2.75, 3.05) is 0 Å². The molecule has 0 aromatic rings. The van der Waals surface area contributed by atoms with E-state index in [1.54, 1.807) is 0 Å². The van der Waals surface area contributed by atoms with E-state index in [4.69, 9.17) is 50.6 Å². The van der Waals surface area contributed by atoms with Crippen LogP contribution >= 0.6 is 0 Å². The summed E-state index contributed by atoms with van der Waals surface area (Å²) in [6.07, 6.45) is 0. The average molecular weight is 979 g/mol. The van der Waals surface area contributed by atoms with E-state index in [0.29, 0.717) is 0 Å². The maximum Gasteiger partial charge on any atom is 2.00 e. The van der Waals surface area contributed by atoms with Crippen molar-refractivity contribution in [1.29, 1.82) is 0 Å². The summed E-state index contributed by atoms with van der Waals surface area (Å²) in [4.78, 5) is 0. The fourth-order valence-electron chi connectivity index (χ4n) is 0. The Kier molecular flexibility index (Phi) is 79.2. The summed E-state index contributed by atoms with van der Waals surface area (Å²) >= 11 is -21.0. The molecule has 22 heteroatoms. The molecule has 22 heavy (non-hydrogen) atoms. The fourth-order valence-corrected chi connectivity index (χ4v) is 0. The van der Waals surface area contributed by atoms with Crippen molar-refractivity contribution >= 4 is 26.2 Å². The molecule has 2 radical (unpaired) electrons. The van der Waals surface area contributed by atoms with Gasteiger partial charge in [-0.15, -0.1) is 0 Å². The minimum atomic E-state index is -4.20. The van der Waals surface area contributed by atoms with E-state index in [0.717, 1.165) is 0 Å². The van der Waals surface area contributed by atoms with Crippen LogP contribution in [0.5, 0.6) is 0 Å². The summed E-state index contributed by atoms with van der Waals surface area (Å²) in [7, 11) is 0. The van der Waals surface area contributed by atoms with Crippen LogP contribution in [-0.2, 0) is 146 Å². The first-order chi connectivity index (χ1) is 8.66. The average Bonchev–Trinajstić information content (AvgIpc) is 1.94. The molecule has 0 fully saturated rings. The largest absolute Gasteiger partial charge is 2.00 e. The molecule has 0 amide bonds. The first-order valence-corrected chi connectivity index (χ1v) is 16.2. The van der Waals surface area contributed by atoms with Gasteiger partial charge in [0.1, 0.15) is 0 Å². The van der Waals surface area contributed by atoms with Crippen LogP contribution in [0.15, 0.2) is 0 Å². The van der Waals surface area contributed by atoms with E-state index < -0.39 is 93.9 Å². The SMILES string of the molecule is [Bi+3].[O]=[Nb](=[O])[O-].[O]=[Nb](=[O])[O-].[O]=[Nb](=[O])[O-].[O]=[Nb](=[O])[O-].[O]=[Nb](=[O])[O-].[Zn+2]. The van der Waals surface area contributed by atoms with Gasteiger partial charge in [-0.3, -0.25) is 0 Å². The Hall–Kier alpha value is 3.01. The predicted molar refractivity (Wildman–Crippen MR) is 12.6 cm³/mol. The van der Waals surface area contributed by atoms with Crippen LogP contribution in [0.2, 0.25) is 0 Å². The van der Waals surface area contributed by atoms with Crippen LogP contribution < -0.4 is 18.1 Å². The standard InChI is InChI=1S/Bi.5Nb.15O.Zn/q+3;;;;;;;;;;;;;;;;5*-1;+2. The van der Waals surface area contributed by atoms with Crippen LogP contribution in [0.1, 0.15) is 0 Å². The second-order valence-corrected chi connectivity index (χ2v) is 6.61. The van der Waals surface area contributed by atoms with E-state index in [1.165, 1.54) is 0 Å². The third kappa shape index (κ3) is 1230. The van der Waals surface area contributed by atoms with Gasteiger partial charge in [-0.25, -0.2) is 0 Å². The minimum absolute atomic E-state index is 0. The molecule has 0 saturated carbocycles. The monoisotopic (exact) mass is 977 g/mol. The van der Waals surface area contributed by atoms with E-state index in [-0.39, 0.29) is 45.7 Å². The first kappa shape index (κ1) is 44.4. The minimum Gasteiger partial charge on any atom is 2.00 e. The van der Waals surface area contributed by atoms with Crippen molar-refractivity contribution in [2.45, 2.75) is 0 Å². The molecule has 0 unspecified atom stereocenters. The van der Waals surface area contributed by atoms with Crippen LogP contribution in [0.25, 0.3) is 0 Å². The number of hydrogen-bond donors (Lipinski definition) is 0. The van der Waals surface area contributed by atoms with Gasteiger partial charge in [0.2, 0.25) is 0 Å². The van der Waals surface area contributed by atoms with E-state index >= 15 is 0 Å². The molecule has 0 aromatic heterocycles. The quantitative estimate of drug-likeness (QED) is 0.204. The maximum absolute atomic E-state index is 8.60. The Labute approximate surface area is 186 Å². The summed E-state index contributed by atoms with van der Waals surface area (Å²) in [6, 6.07) is 0. The molecule has 0 aliphatic carbocycles. The van der Waals surface area contributed by atoms with Gasteiger partial charge in [0.15, 0.2) is 0 Å². The third-order valence-electron chi connectivity index (χ3n) is 0. The van der Waals surface area contributed by atoms with Gasteiger partial charge >= 0.3 is 190 Å². The zero-order valence-corrected chi connectivity index (χ0v) is 27.0. The van der Waals surface area contributed by atoms with Crippen molar-refractivity contribution in [3.8, 4) is 0 Å². The zero-order valence-electron chi connectivity index (χ0n) is 9.51. The van der Waals surface area contributed by atoms with E-state index in [1.807, 2.05) is 0 Å². The first-order valence-electron chi connectivity index (χ1n) is 2.74. The number of hydrogen-bond acceptors (Lipinski definition) is 15. The fraction of sp³-hybridized carbons (Fsp3) is 0. The topological polar surface area (TPSA) is 286 Å². The predicted octanol–water partition coefficient (Wildman–Crippen LogP) is -7.53. The Morgan fingerprint density at radius 3 is 0.364 bits per heavy atom. The van der Waals surface area contributed by atoms with Crippen molar-refractivity contribution in [3.63, 3.8) is 0 Å². The Bertz CT molecular complexity index is 386. The molecule has 0 atom stereocenters. The molecule has 0 aliphatic rings. The van der Waals surface area contributed by atoms with Gasteiger partial charge < -0.3 is 0 Å². The van der Waals surface area contributed by atoms with Crippen LogP contribution in [0, 0.1) is 0 Å². The Morgan fingerprint density at radius 2 is 0.364 bits per heavy atom. The molecule has 0 saturated heterocycles. The van der Waals surface area contributed by atoms with Gasteiger partial charge in [0.05, 0.1) is 0 Å². The Balaban J connectivity index is -0.0000000250. The molecule has 0 N–H and O–H groups in total. The summed E-state index contributed by atoms with van der Waals surface area (Å²) in [5.74, 6) is 0. The molecule has 0 aliphatic heterocycles. The summed E-state index contributed by atoms with van der Waals surface area (Å²) in [5.41, 5.74) is 0. The Morgan fingerprint density at radius 1 is 0.364 bits per heavy atom. The maximum atomic E-state index is 8.60. The van der Waals surface area contributed by atoms with Gasteiger partial charge in [0, 0.05) is 0 Å². The molecule has 0 heterocycles. The molecule has 0 bridgehead atoms. The smallest absolute Gasteiger partial charge is 2.00 e. The molecule has 122 valence electrons. The van der Waals surface area contributed by atoms with Crippen LogP contribution in [0.4, 0.5) is 0 Å². The van der Waals surface area contributed by atoms with Crippen molar-refractivity contribution in [1.82, 2.24) is 0 Å². The summed E-state index contributed by atoms with van der Waals surface area (Å²) in [5, 5.41) is 0. The van der Waals surface area contributed by atoms with Crippen LogP contribution in [0.3, 0.4) is 0 Å². The molecule has 15 nitrogen and oxygen atoms in total. The van der Waals surface area contributed by atoms with Crippen LogP contribution in [-0.4, -0.2) is 26.2 Å². The van der Waals surface area contributed by atoms with Gasteiger partial charge in [-0.2, -0.15) is 0 Å². The van der Waals surface area contributed by atoms with Gasteiger partial charge in [-0.1, -0.05) is 0 Å². The van der Waals surface area contributed by atoms with E-state index in [9.17, 15) is 0 Å². The molecular weight excluding hydrogens is 979 g/mol. The summed E-state index contributed by atoms with van der Waals surface area (Å²) in [6.45, 7) is 0. The molecule has 0 rings (SSSR count). The molecule has 0 spiro atoms. The summed E-state index contributed by atoms with van der Waals surface area (Å²) < 4.78 is 129.